The van der Waals surface area contributed by atoms with Crippen LogP contribution in [0.2, 0.25) is 0 Å². The highest BCUT2D eigenvalue weighted by atomic mass is 32.2. The zero-order chi connectivity index (χ0) is 14.0. The van der Waals surface area contributed by atoms with Gasteiger partial charge in [0.25, 0.3) is 10.0 Å². The first-order chi connectivity index (χ1) is 8.94. The standard InChI is InChI=1S/C9H11N5O3S2/c1-5-2-3-7(18-5)19(16,17)14-9-6(4-11-12-9)8(10)13-15/h2-4,15H,1H3,(H2,10,13)(H2,11,12,14). The topological polar surface area (TPSA) is 133 Å². The number of aryl methyl sites for hydroxylation is 1. The monoisotopic (exact) mass is 301 g/mol. The molecule has 2 heterocycles. The lowest BCUT2D eigenvalue weighted by Gasteiger charge is -2.05. The number of hydrogen-bond donors (Lipinski definition) is 4. The van der Waals surface area contributed by atoms with Crippen LogP contribution in [0.1, 0.15) is 10.4 Å². The number of hydrogen-bond acceptors (Lipinski definition) is 6. The molecule has 0 aliphatic rings. The van der Waals surface area contributed by atoms with E-state index in [0.717, 1.165) is 16.2 Å². The van der Waals surface area contributed by atoms with Crippen molar-refractivity contribution in [1.29, 1.82) is 0 Å². The molecule has 0 aliphatic heterocycles. The van der Waals surface area contributed by atoms with Gasteiger partial charge < -0.3 is 10.9 Å². The summed E-state index contributed by atoms with van der Waals surface area (Å²) in [6, 6.07) is 3.21. The molecule has 8 nitrogen and oxygen atoms in total. The molecule has 0 atom stereocenters. The summed E-state index contributed by atoms with van der Waals surface area (Å²) in [5.41, 5.74) is 5.58. The molecule has 0 saturated carbocycles. The summed E-state index contributed by atoms with van der Waals surface area (Å²) in [6.45, 7) is 1.81. The number of sulfonamides is 1. The Balaban J connectivity index is 2.34. The number of nitrogens with two attached hydrogens (primary N) is 1. The Labute approximate surface area is 113 Å². The Hall–Kier alpha value is -2.07. The van der Waals surface area contributed by atoms with Gasteiger partial charge in [0.15, 0.2) is 5.84 Å². The number of oxime groups is 1. The van der Waals surface area contributed by atoms with Crippen LogP contribution >= 0.6 is 11.3 Å². The second-order valence-electron chi connectivity index (χ2n) is 3.61. The molecule has 2 aromatic rings. The molecule has 0 radical (unpaired) electrons. The fourth-order valence-electron chi connectivity index (χ4n) is 1.35. The van der Waals surface area contributed by atoms with Gasteiger partial charge in [0.2, 0.25) is 0 Å². The van der Waals surface area contributed by atoms with E-state index in [1.165, 1.54) is 12.3 Å². The Morgan fingerprint density at radius 2 is 2.32 bits per heavy atom. The normalized spacial score (nSPS) is 12.6. The van der Waals surface area contributed by atoms with E-state index in [2.05, 4.69) is 20.1 Å². The van der Waals surface area contributed by atoms with Crippen molar-refractivity contribution in [2.45, 2.75) is 11.1 Å². The van der Waals surface area contributed by atoms with Crippen LogP contribution in [0.3, 0.4) is 0 Å². The van der Waals surface area contributed by atoms with Gasteiger partial charge in [-0.25, -0.2) is 8.42 Å². The predicted octanol–water partition coefficient (Wildman–Crippen LogP) is 0.675. The zero-order valence-electron chi connectivity index (χ0n) is 9.78. The van der Waals surface area contributed by atoms with Crippen molar-refractivity contribution in [3.05, 3.63) is 28.8 Å². The first kappa shape index (κ1) is 13.4. The van der Waals surface area contributed by atoms with Gasteiger partial charge in [-0.1, -0.05) is 5.16 Å². The molecule has 0 bridgehead atoms. The van der Waals surface area contributed by atoms with Crippen molar-refractivity contribution in [2.24, 2.45) is 10.9 Å². The summed E-state index contributed by atoms with van der Waals surface area (Å²) in [5, 5.41) is 17.5. The van der Waals surface area contributed by atoms with Crippen molar-refractivity contribution < 1.29 is 13.6 Å². The molecule has 0 fully saturated rings. The highest BCUT2D eigenvalue weighted by Crippen LogP contribution is 2.23. The van der Waals surface area contributed by atoms with Crippen molar-refractivity contribution >= 4 is 33.0 Å². The minimum Gasteiger partial charge on any atom is -0.409 e. The lowest BCUT2D eigenvalue weighted by molar-refractivity contribution is 0.318. The minimum absolute atomic E-state index is 0.0429. The Kier molecular flexibility index (Phi) is 3.44. The summed E-state index contributed by atoms with van der Waals surface area (Å²) in [4.78, 5) is 0.877. The highest BCUT2D eigenvalue weighted by molar-refractivity contribution is 7.94. The van der Waals surface area contributed by atoms with Gasteiger partial charge in [-0.3, -0.25) is 9.82 Å². The average molecular weight is 301 g/mol. The van der Waals surface area contributed by atoms with E-state index < -0.39 is 10.0 Å². The smallest absolute Gasteiger partial charge is 0.272 e. The molecule has 0 aliphatic carbocycles. The number of rotatable bonds is 4. The molecule has 0 aromatic carbocycles. The average Bonchev–Trinajstić information content (AvgIpc) is 2.97. The van der Waals surface area contributed by atoms with Gasteiger partial charge in [-0.05, 0) is 19.1 Å². The lowest BCUT2D eigenvalue weighted by Crippen LogP contribution is -2.18. The summed E-state index contributed by atoms with van der Waals surface area (Å²) in [7, 11) is -3.72. The number of amidine groups is 1. The number of thiophene rings is 1. The van der Waals surface area contributed by atoms with Crippen molar-refractivity contribution in [1.82, 2.24) is 10.2 Å². The van der Waals surface area contributed by atoms with Gasteiger partial charge in [0.05, 0.1) is 11.8 Å². The van der Waals surface area contributed by atoms with Crippen LogP contribution in [0.25, 0.3) is 0 Å². The largest absolute Gasteiger partial charge is 0.409 e. The molecular formula is C9H11N5O3S2. The molecule has 2 rings (SSSR count). The van der Waals surface area contributed by atoms with E-state index >= 15 is 0 Å². The third-order valence-corrected chi connectivity index (χ3v) is 5.08. The number of nitrogens with zero attached hydrogens (tertiary/aromatic N) is 2. The maximum Gasteiger partial charge on any atom is 0.272 e. The van der Waals surface area contributed by atoms with Crippen LogP contribution in [0.15, 0.2) is 27.7 Å². The predicted molar refractivity (Wildman–Crippen MR) is 71.0 cm³/mol. The Bertz CT molecular complexity index is 716. The lowest BCUT2D eigenvalue weighted by atomic mass is 10.3. The third kappa shape index (κ3) is 2.69. The van der Waals surface area contributed by atoms with Gasteiger partial charge in [-0.15, -0.1) is 11.3 Å². The Morgan fingerprint density at radius 1 is 1.58 bits per heavy atom. The molecule has 102 valence electrons. The molecule has 0 unspecified atom stereocenters. The fraction of sp³-hybridized carbons (Fsp3) is 0.111. The maximum absolute atomic E-state index is 12.1. The molecule has 0 saturated heterocycles. The van der Waals surface area contributed by atoms with Crippen molar-refractivity contribution in [2.75, 3.05) is 4.72 Å². The first-order valence-corrected chi connectivity index (χ1v) is 7.34. The van der Waals surface area contributed by atoms with Crippen LogP contribution in [0, 0.1) is 6.92 Å². The summed E-state index contributed by atoms with van der Waals surface area (Å²) in [6.07, 6.45) is 1.26. The van der Waals surface area contributed by atoms with Crippen LogP contribution in [0.5, 0.6) is 0 Å². The molecule has 0 spiro atoms. The van der Waals surface area contributed by atoms with Gasteiger partial charge in [0.1, 0.15) is 10.0 Å². The van der Waals surface area contributed by atoms with Crippen molar-refractivity contribution in [3.8, 4) is 0 Å². The molecule has 0 amide bonds. The van der Waals surface area contributed by atoms with E-state index in [4.69, 9.17) is 10.9 Å². The van der Waals surface area contributed by atoms with Crippen LogP contribution < -0.4 is 10.5 Å². The molecular weight excluding hydrogens is 290 g/mol. The minimum atomic E-state index is -3.72. The summed E-state index contributed by atoms with van der Waals surface area (Å²) >= 11 is 1.14. The van der Waals surface area contributed by atoms with E-state index in [1.54, 1.807) is 6.07 Å². The zero-order valence-corrected chi connectivity index (χ0v) is 11.4. The van der Waals surface area contributed by atoms with Crippen molar-refractivity contribution in [3.63, 3.8) is 0 Å². The van der Waals surface area contributed by atoms with E-state index in [-0.39, 0.29) is 21.4 Å². The molecule has 19 heavy (non-hydrogen) atoms. The third-order valence-electron chi connectivity index (χ3n) is 2.24. The van der Waals surface area contributed by atoms with Crippen LogP contribution in [0.4, 0.5) is 5.82 Å². The highest BCUT2D eigenvalue weighted by Gasteiger charge is 2.20. The SMILES string of the molecule is Cc1ccc(S(=O)(=O)Nc2[nH]ncc2C(N)=NO)s1. The van der Waals surface area contributed by atoms with Gasteiger partial charge >= 0.3 is 0 Å². The van der Waals surface area contributed by atoms with Gasteiger partial charge in [0, 0.05) is 4.88 Å². The van der Waals surface area contributed by atoms with Crippen LogP contribution in [-0.2, 0) is 10.0 Å². The molecule has 2 aromatic heterocycles. The number of aromatic nitrogens is 2. The second kappa shape index (κ2) is 4.90. The first-order valence-electron chi connectivity index (χ1n) is 5.04. The van der Waals surface area contributed by atoms with E-state index in [1.807, 2.05) is 6.92 Å². The fourth-order valence-corrected chi connectivity index (χ4v) is 3.67. The Morgan fingerprint density at radius 3 is 2.89 bits per heavy atom. The molecule has 10 heteroatoms. The number of aromatic amines is 1. The summed E-state index contributed by atoms with van der Waals surface area (Å²) in [5.74, 6) is -0.199. The maximum atomic E-state index is 12.1. The van der Waals surface area contributed by atoms with Gasteiger partial charge in [-0.2, -0.15) is 5.10 Å². The molecule has 5 N–H and O–H groups in total. The van der Waals surface area contributed by atoms with E-state index in [0.29, 0.717) is 0 Å². The summed E-state index contributed by atoms with van der Waals surface area (Å²) < 4.78 is 26.6. The quantitative estimate of drug-likeness (QED) is 0.285. The van der Waals surface area contributed by atoms with E-state index in [9.17, 15) is 8.42 Å². The van der Waals surface area contributed by atoms with Crippen LogP contribution in [-0.4, -0.2) is 29.7 Å². The second-order valence-corrected chi connectivity index (χ2v) is 6.81. The number of anilines is 1. The number of H-pyrrole nitrogens is 1. The number of nitrogens with one attached hydrogen (secondary N) is 2.